The van der Waals surface area contributed by atoms with Crippen molar-refractivity contribution >= 4 is 58.9 Å². The highest BCUT2D eigenvalue weighted by molar-refractivity contribution is 7.03. The Labute approximate surface area is 430 Å². The first kappa shape index (κ1) is 69.9. The van der Waals surface area contributed by atoms with Crippen molar-refractivity contribution in [3.05, 3.63) is 0 Å². The molecular weight excluding hydrogens is 1020 g/mol. The topological polar surface area (TPSA) is 212 Å². The SMILES string of the molecule is CCO[Si](OCC)(OCC)C(CCN(CCC([Si](OCC)(OCC)OCC)([Si](OCC)(OCC)OCC)[Si](OCC)(OCC)OCC)C(N)=O)([Si](OCC)(OCC)OCC)[Si](OCC)(OCC)OCC. The lowest BCUT2D eigenvalue weighted by molar-refractivity contribution is -0.0143. The normalized spacial score (nSPS) is 13.7. The second kappa shape index (κ2) is 36.0. The molecule has 0 saturated carbocycles. The number of hydrogen-bond donors (Lipinski definition) is 1. The van der Waals surface area contributed by atoms with Crippen LogP contribution in [0.2, 0.25) is 8.57 Å². The minimum absolute atomic E-state index is 0.0749. The van der Waals surface area contributed by atoms with Gasteiger partial charge in [-0.1, -0.05) is 0 Å². The molecule has 2 amide bonds. The van der Waals surface area contributed by atoms with Gasteiger partial charge in [-0.25, -0.2) is 4.79 Å². The summed E-state index contributed by atoms with van der Waals surface area (Å²) in [7, 11) is -26.3. The zero-order chi connectivity index (χ0) is 53.4. The van der Waals surface area contributed by atoms with Gasteiger partial charge in [0.15, 0.2) is 8.57 Å². The van der Waals surface area contributed by atoms with Crippen LogP contribution < -0.4 is 5.73 Å². The van der Waals surface area contributed by atoms with Gasteiger partial charge in [-0.2, -0.15) is 0 Å². The molecule has 70 heavy (non-hydrogen) atoms. The van der Waals surface area contributed by atoms with Crippen LogP contribution in [0.5, 0.6) is 0 Å². The van der Waals surface area contributed by atoms with E-state index in [9.17, 15) is 4.79 Å². The van der Waals surface area contributed by atoms with Crippen LogP contribution in [0, 0.1) is 0 Å². The fourth-order valence-corrected chi connectivity index (χ4v) is 41.4. The van der Waals surface area contributed by atoms with Gasteiger partial charge in [-0.3, -0.25) is 0 Å². The predicted octanol–water partition coefficient (Wildman–Crippen LogP) is 7.08. The monoisotopic (exact) mass is 1120 g/mol. The number of hydrogen-bond acceptors (Lipinski definition) is 19. The van der Waals surface area contributed by atoms with E-state index < -0.39 is 67.4 Å². The maximum absolute atomic E-state index is 14.5. The lowest BCUT2D eigenvalue weighted by Gasteiger charge is -2.56. The molecule has 0 aromatic heterocycles. The molecule has 2 N–H and O–H groups in total. The predicted molar refractivity (Wildman–Crippen MR) is 280 cm³/mol. The largest absolute Gasteiger partial charge is 0.516 e. The molecule has 0 fully saturated rings. The van der Waals surface area contributed by atoms with E-state index in [0.717, 1.165) is 0 Å². The molecule has 0 radical (unpaired) electrons. The number of carbonyl (C=O) groups is 1. The lowest BCUT2D eigenvalue weighted by atomic mass is 10.3. The van der Waals surface area contributed by atoms with Crippen molar-refractivity contribution in [3.8, 4) is 0 Å². The Balaban J connectivity index is 9.73. The summed E-state index contributed by atoms with van der Waals surface area (Å²) in [5, 5.41) is 0. The molecule has 21 nitrogen and oxygen atoms in total. The second-order valence-electron chi connectivity index (χ2n) is 14.8. The van der Waals surface area contributed by atoms with Gasteiger partial charge in [0.05, 0.1) is 0 Å². The number of nitrogens with two attached hydrogens (primary N) is 1. The van der Waals surface area contributed by atoms with E-state index in [2.05, 4.69) is 0 Å². The van der Waals surface area contributed by atoms with E-state index in [4.69, 9.17) is 85.4 Å². The van der Waals surface area contributed by atoms with Gasteiger partial charge >= 0.3 is 58.9 Å². The fourth-order valence-electron chi connectivity index (χ4n) is 9.37. The van der Waals surface area contributed by atoms with Gasteiger partial charge in [0.1, 0.15) is 0 Å². The number of rotatable bonds is 48. The van der Waals surface area contributed by atoms with Crippen molar-refractivity contribution in [2.45, 2.75) is 146 Å². The molecule has 0 saturated heterocycles. The summed E-state index contributed by atoms with van der Waals surface area (Å²) in [6, 6.07) is -0.781. The van der Waals surface area contributed by atoms with E-state index >= 15 is 0 Å². The molecule has 0 aromatic rings. The quantitative estimate of drug-likeness (QED) is 0.0603. The highest BCUT2D eigenvalue weighted by Crippen LogP contribution is 2.62. The van der Waals surface area contributed by atoms with Gasteiger partial charge in [0.2, 0.25) is 0 Å². The zero-order valence-electron chi connectivity index (χ0n) is 46.8. The van der Waals surface area contributed by atoms with Gasteiger partial charge in [-0.05, 0) is 137 Å². The van der Waals surface area contributed by atoms with E-state index in [-0.39, 0.29) is 145 Å². The van der Waals surface area contributed by atoms with Gasteiger partial charge < -0.3 is 90.3 Å². The summed E-state index contributed by atoms with van der Waals surface area (Å²) < 4.78 is 122. The molecule has 0 heterocycles. The Morgan fingerprint density at radius 2 is 0.400 bits per heavy atom. The molecule has 27 heteroatoms. The van der Waals surface area contributed by atoms with Crippen LogP contribution in [-0.4, -0.2) is 196 Å². The summed E-state index contributed by atoms with van der Waals surface area (Å²) in [6.07, 6.45) is -0.150. The first-order valence-corrected chi connectivity index (χ1v) is 36.5. The first-order valence-electron chi connectivity index (χ1n) is 26.2. The number of amides is 2. The molecule has 0 aliphatic heterocycles. The zero-order valence-corrected chi connectivity index (χ0v) is 52.8. The Morgan fingerprint density at radius 1 is 0.286 bits per heavy atom. The molecular formula is C43H100N2O19Si6. The summed E-state index contributed by atoms with van der Waals surface area (Å²) in [5.41, 5.74) is 6.60. The van der Waals surface area contributed by atoms with Crippen LogP contribution >= 0.6 is 0 Å². The van der Waals surface area contributed by atoms with Crippen molar-refractivity contribution in [2.75, 3.05) is 132 Å². The number of primary amides is 1. The highest BCUT2D eigenvalue weighted by Gasteiger charge is 2.91. The second-order valence-corrected chi connectivity index (χ2v) is 34.8. The molecule has 0 rings (SSSR count). The van der Waals surface area contributed by atoms with Crippen molar-refractivity contribution in [2.24, 2.45) is 5.73 Å². The number of urea groups is 1. The highest BCUT2D eigenvalue weighted by atomic mass is 28.5. The third-order valence-electron chi connectivity index (χ3n) is 11.0. The lowest BCUT2D eigenvalue weighted by Crippen LogP contribution is -2.82. The Morgan fingerprint density at radius 3 is 0.486 bits per heavy atom. The average Bonchev–Trinajstić information content (AvgIpc) is 3.30. The average molecular weight is 1120 g/mol. The third-order valence-corrected chi connectivity index (χ3v) is 41.8. The van der Waals surface area contributed by atoms with Crippen LogP contribution in [-0.2, 0) is 79.7 Å². The summed E-state index contributed by atoms with van der Waals surface area (Å²) in [4.78, 5) is 16.1. The minimum atomic E-state index is -4.38. The van der Waals surface area contributed by atoms with Crippen LogP contribution in [0.15, 0.2) is 0 Å². The maximum atomic E-state index is 14.5. The van der Waals surface area contributed by atoms with Crippen molar-refractivity contribution in [1.29, 1.82) is 0 Å². The molecule has 0 atom stereocenters. The van der Waals surface area contributed by atoms with Crippen molar-refractivity contribution in [1.82, 2.24) is 4.90 Å². The summed E-state index contributed by atoms with van der Waals surface area (Å²) in [6.45, 7) is 35.9. The summed E-state index contributed by atoms with van der Waals surface area (Å²) in [5.74, 6) is 0. The Bertz CT molecular complexity index is 1040. The Hall–Kier alpha value is -0.149. The van der Waals surface area contributed by atoms with E-state index in [1.807, 2.05) is 125 Å². The van der Waals surface area contributed by atoms with Crippen molar-refractivity contribution in [3.63, 3.8) is 0 Å². The smallest absolute Gasteiger partial charge is 0.373 e. The molecule has 0 aromatic carbocycles. The van der Waals surface area contributed by atoms with E-state index in [0.29, 0.717) is 0 Å². The fraction of sp³-hybridized carbons (Fsp3) is 0.977. The summed E-state index contributed by atoms with van der Waals surface area (Å²) >= 11 is 0. The molecule has 0 spiro atoms. The van der Waals surface area contributed by atoms with Crippen LogP contribution in [0.3, 0.4) is 0 Å². The van der Waals surface area contributed by atoms with E-state index in [1.54, 1.807) is 0 Å². The minimum Gasteiger partial charge on any atom is -0.373 e. The van der Waals surface area contributed by atoms with Gasteiger partial charge in [0, 0.05) is 132 Å². The third kappa shape index (κ3) is 15.1. The maximum Gasteiger partial charge on any atom is 0.516 e. The van der Waals surface area contributed by atoms with Crippen LogP contribution in [0.25, 0.3) is 0 Å². The first-order chi connectivity index (χ1) is 33.6. The molecule has 0 aliphatic rings. The van der Waals surface area contributed by atoms with Crippen LogP contribution in [0.1, 0.15) is 137 Å². The molecule has 0 aliphatic carbocycles. The van der Waals surface area contributed by atoms with Gasteiger partial charge in [0.25, 0.3) is 0 Å². The molecule has 0 unspecified atom stereocenters. The number of carbonyl (C=O) groups excluding carboxylic acids is 1. The number of nitrogens with zero attached hydrogens (tertiary/aromatic N) is 1. The molecule has 0 bridgehead atoms. The van der Waals surface area contributed by atoms with E-state index in [1.165, 1.54) is 4.90 Å². The van der Waals surface area contributed by atoms with Crippen LogP contribution in [0.4, 0.5) is 4.79 Å². The standard InChI is InChI=1S/C43H100N2O19Si6/c1-19-47-65(48-20-2,49-21-3)42(66(50-22-4,51-23-5)52-24-6,67(53-25-7,54-26-8)55-27-9)37-39-45(41(44)46)40-38-43(68(56-28-10,57-29-11)58-30-12,69(59-31-13,60-32-14)61-33-15)70(62-34-16,63-35-17)64-36-18/h19-40H2,1-18H3,(H2,44,46). The van der Waals surface area contributed by atoms with Crippen molar-refractivity contribution < 1.29 is 84.5 Å². The molecule has 420 valence electrons. The van der Waals surface area contributed by atoms with Gasteiger partial charge in [-0.15, -0.1) is 0 Å². The Kier molecular flexibility index (Phi) is 35.9.